The first-order valence-corrected chi connectivity index (χ1v) is 5.31. The number of amides is 3. The van der Waals surface area contributed by atoms with Crippen LogP contribution in [0.5, 0.6) is 0 Å². The minimum Gasteiger partial charge on any atom is -0.351 e. The molecule has 15 heavy (non-hydrogen) atoms. The Balaban J connectivity index is 2.37. The zero-order valence-corrected chi connectivity index (χ0v) is 9.54. The van der Waals surface area contributed by atoms with E-state index in [1.807, 2.05) is 13.8 Å². The predicted molar refractivity (Wildman–Crippen MR) is 57.4 cm³/mol. The van der Waals surface area contributed by atoms with Gasteiger partial charge in [0, 0.05) is 32.1 Å². The molecule has 5 heteroatoms. The molecule has 2 N–H and O–H groups in total. The predicted octanol–water partition coefficient (Wildman–Crippen LogP) is 0.172. The lowest BCUT2D eigenvalue weighted by Gasteiger charge is -2.17. The van der Waals surface area contributed by atoms with Crippen molar-refractivity contribution in [1.29, 1.82) is 0 Å². The van der Waals surface area contributed by atoms with E-state index in [2.05, 4.69) is 10.6 Å². The van der Waals surface area contributed by atoms with Gasteiger partial charge in [-0.2, -0.15) is 0 Å². The first kappa shape index (κ1) is 11.8. The topological polar surface area (TPSA) is 61.4 Å². The van der Waals surface area contributed by atoms with E-state index in [9.17, 15) is 9.59 Å². The van der Waals surface area contributed by atoms with E-state index >= 15 is 0 Å². The summed E-state index contributed by atoms with van der Waals surface area (Å²) in [5.41, 5.74) is 0. The fourth-order valence-corrected chi connectivity index (χ4v) is 1.59. The summed E-state index contributed by atoms with van der Waals surface area (Å²) >= 11 is 0. The molecule has 0 aromatic carbocycles. The van der Waals surface area contributed by atoms with Crippen LogP contribution in [0.1, 0.15) is 20.3 Å². The van der Waals surface area contributed by atoms with Crippen molar-refractivity contribution in [3.8, 4) is 0 Å². The summed E-state index contributed by atoms with van der Waals surface area (Å²) in [6, 6.07) is 0.0356. The summed E-state index contributed by atoms with van der Waals surface area (Å²) in [4.78, 5) is 24.4. The Morgan fingerprint density at radius 3 is 2.60 bits per heavy atom. The Bertz CT molecular complexity index is 253. The minimum atomic E-state index is -0.0729. The smallest absolute Gasteiger partial charge is 0.317 e. The van der Waals surface area contributed by atoms with Crippen molar-refractivity contribution in [3.63, 3.8) is 0 Å². The fraction of sp³-hybridized carbons (Fsp3) is 0.800. The summed E-state index contributed by atoms with van der Waals surface area (Å²) < 4.78 is 0. The molecule has 1 rings (SSSR count). The Kier molecular flexibility index (Phi) is 3.94. The van der Waals surface area contributed by atoms with Crippen LogP contribution >= 0.6 is 0 Å². The molecule has 3 amide bonds. The third-order valence-corrected chi connectivity index (χ3v) is 2.56. The van der Waals surface area contributed by atoms with Gasteiger partial charge in [-0.25, -0.2) is 4.79 Å². The first-order chi connectivity index (χ1) is 7.04. The molecule has 0 unspecified atom stereocenters. The van der Waals surface area contributed by atoms with Gasteiger partial charge in [0.15, 0.2) is 0 Å². The monoisotopic (exact) mass is 213 g/mol. The molecule has 1 saturated heterocycles. The van der Waals surface area contributed by atoms with Gasteiger partial charge < -0.3 is 15.5 Å². The van der Waals surface area contributed by atoms with E-state index in [-0.39, 0.29) is 23.9 Å². The molecule has 0 radical (unpaired) electrons. The third kappa shape index (κ3) is 3.11. The molecule has 0 aromatic rings. The summed E-state index contributed by atoms with van der Waals surface area (Å²) in [6.45, 7) is 5.04. The lowest BCUT2D eigenvalue weighted by atomic mass is 10.2. The van der Waals surface area contributed by atoms with Crippen molar-refractivity contribution in [1.82, 2.24) is 15.5 Å². The van der Waals surface area contributed by atoms with Gasteiger partial charge >= 0.3 is 6.03 Å². The number of carbonyl (C=O) groups excluding carboxylic acids is 2. The Labute approximate surface area is 90.2 Å². The zero-order chi connectivity index (χ0) is 11.4. The standard InChI is InChI=1S/C10H19N3O2/c1-7(2)9(14)12-8-4-5-13(6-8)10(15)11-3/h7-8H,4-6H2,1-3H3,(H,11,15)(H,12,14)/t8-/m1/s1. The van der Waals surface area contributed by atoms with E-state index in [0.717, 1.165) is 6.42 Å². The maximum absolute atomic E-state index is 11.4. The first-order valence-electron chi connectivity index (χ1n) is 5.31. The van der Waals surface area contributed by atoms with Gasteiger partial charge in [-0.1, -0.05) is 13.8 Å². The molecule has 1 atom stereocenters. The second-order valence-electron chi connectivity index (χ2n) is 4.15. The van der Waals surface area contributed by atoms with Crippen molar-refractivity contribution < 1.29 is 9.59 Å². The highest BCUT2D eigenvalue weighted by Crippen LogP contribution is 2.09. The van der Waals surface area contributed by atoms with E-state index < -0.39 is 0 Å². The van der Waals surface area contributed by atoms with Crippen LogP contribution in [0.25, 0.3) is 0 Å². The average molecular weight is 213 g/mol. The lowest BCUT2D eigenvalue weighted by molar-refractivity contribution is -0.124. The number of hydrogen-bond donors (Lipinski definition) is 2. The van der Waals surface area contributed by atoms with Crippen LogP contribution in [0.4, 0.5) is 4.79 Å². The van der Waals surface area contributed by atoms with Crippen LogP contribution in [-0.2, 0) is 4.79 Å². The minimum absolute atomic E-state index is 0.000878. The highest BCUT2D eigenvalue weighted by Gasteiger charge is 2.26. The SMILES string of the molecule is CNC(=O)N1CC[C@@H](NC(=O)C(C)C)C1. The van der Waals surface area contributed by atoms with E-state index in [1.165, 1.54) is 0 Å². The van der Waals surface area contributed by atoms with Crippen LogP contribution in [0.15, 0.2) is 0 Å². The van der Waals surface area contributed by atoms with Crippen molar-refractivity contribution >= 4 is 11.9 Å². The fourth-order valence-electron chi connectivity index (χ4n) is 1.59. The number of likely N-dealkylation sites (tertiary alicyclic amines) is 1. The van der Waals surface area contributed by atoms with Gasteiger partial charge in [0.05, 0.1) is 0 Å². The highest BCUT2D eigenvalue weighted by molar-refractivity contribution is 5.78. The summed E-state index contributed by atoms with van der Waals surface area (Å²) in [5.74, 6) is 0.0535. The maximum atomic E-state index is 11.4. The molecule has 86 valence electrons. The highest BCUT2D eigenvalue weighted by atomic mass is 16.2. The summed E-state index contributed by atoms with van der Waals surface area (Å²) in [5, 5.41) is 5.50. The van der Waals surface area contributed by atoms with Crippen LogP contribution < -0.4 is 10.6 Å². The molecule has 0 aromatic heterocycles. The van der Waals surface area contributed by atoms with Crippen LogP contribution in [-0.4, -0.2) is 43.0 Å². The summed E-state index contributed by atoms with van der Waals surface area (Å²) in [6.07, 6.45) is 0.839. The number of urea groups is 1. The van der Waals surface area contributed by atoms with Crippen molar-refractivity contribution in [2.45, 2.75) is 26.3 Å². The maximum Gasteiger partial charge on any atom is 0.317 e. The Morgan fingerprint density at radius 1 is 1.40 bits per heavy atom. The number of hydrogen-bond acceptors (Lipinski definition) is 2. The molecule has 0 bridgehead atoms. The van der Waals surface area contributed by atoms with Crippen LogP contribution in [0.2, 0.25) is 0 Å². The van der Waals surface area contributed by atoms with Gasteiger partial charge in [-0.15, -0.1) is 0 Å². The molecule has 0 aliphatic carbocycles. The molecule has 1 aliphatic heterocycles. The molecular weight excluding hydrogens is 194 g/mol. The van der Waals surface area contributed by atoms with Crippen LogP contribution in [0.3, 0.4) is 0 Å². The van der Waals surface area contributed by atoms with Gasteiger partial charge in [0.2, 0.25) is 5.91 Å². The molecule has 1 aliphatic rings. The zero-order valence-electron chi connectivity index (χ0n) is 9.54. The molecule has 1 fully saturated rings. The molecule has 5 nitrogen and oxygen atoms in total. The van der Waals surface area contributed by atoms with E-state index in [0.29, 0.717) is 13.1 Å². The third-order valence-electron chi connectivity index (χ3n) is 2.56. The molecule has 1 heterocycles. The number of nitrogens with one attached hydrogen (secondary N) is 2. The van der Waals surface area contributed by atoms with Gasteiger partial charge in [-0.3, -0.25) is 4.79 Å². The lowest BCUT2D eigenvalue weighted by Crippen LogP contribution is -2.42. The van der Waals surface area contributed by atoms with Gasteiger partial charge in [0.25, 0.3) is 0 Å². The second kappa shape index (κ2) is 5.00. The summed E-state index contributed by atoms with van der Waals surface area (Å²) in [7, 11) is 1.61. The van der Waals surface area contributed by atoms with Crippen molar-refractivity contribution in [2.24, 2.45) is 5.92 Å². The molecule has 0 saturated carbocycles. The van der Waals surface area contributed by atoms with E-state index in [4.69, 9.17) is 0 Å². The van der Waals surface area contributed by atoms with Crippen LogP contribution in [0, 0.1) is 5.92 Å². The molecule has 0 spiro atoms. The quantitative estimate of drug-likeness (QED) is 0.687. The van der Waals surface area contributed by atoms with Crippen molar-refractivity contribution in [3.05, 3.63) is 0 Å². The number of rotatable bonds is 2. The van der Waals surface area contributed by atoms with Gasteiger partial charge in [-0.05, 0) is 6.42 Å². The largest absolute Gasteiger partial charge is 0.351 e. The normalized spacial score (nSPS) is 20.5. The van der Waals surface area contributed by atoms with Gasteiger partial charge in [0.1, 0.15) is 0 Å². The van der Waals surface area contributed by atoms with Crippen molar-refractivity contribution in [2.75, 3.05) is 20.1 Å². The van der Waals surface area contributed by atoms with E-state index in [1.54, 1.807) is 11.9 Å². The Hall–Kier alpha value is -1.26. The number of nitrogens with zero attached hydrogens (tertiary/aromatic N) is 1. The Morgan fingerprint density at radius 2 is 2.07 bits per heavy atom. The second-order valence-corrected chi connectivity index (χ2v) is 4.15. The molecular formula is C10H19N3O2. The average Bonchev–Trinajstić information content (AvgIpc) is 2.65. The number of carbonyl (C=O) groups is 2.